The van der Waals surface area contributed by atoms with Gasteiger partial charge in [0.2, 0.25) is 11.8 Å². The number of nitrogens with zero attached hydrogens (tertiary/aromatic N) is 4. The zero-order chi connectivity index (χ0) is 15.7. The summed E-state index contributed by atoms with van der Waals surface area (Å²) in [5, 5.41) is 0. The van der Waals surface area contributed by atoms with Crippen LogP contribution in [0.4, 0.5) is 0 Å². The molecule has 4 aliphatic rings. The van der Waals surface area contributed by atoms with E-state index in [1.165, 1.54) is 19.3 Å². The highest BCUT2D eigenvalue weighted by atomic mass is 16.2. The van der Waals surface area contributed by atoms with E-state index in [4.69, 9.17) is 0 Å². The number of rotatable bonds is 0. The SMILES string of the molecule is CN1CC2CCCN2CC1=O.CN1CCN2CCCC2C1=O. The third kappa shape index (κ3) is 3.13. The molecule has 6 nitrogen and oxygen atoms in total. The van der Waals surface area contributed by atoms with E-state index in [2.05, 4.69) is 9.80 Å². The molecule has 4 fully saturated rings. The van der Waals surface area contributed by atoms with Crippen molar-refractivity contribution >= 4 is 11.8 Å². The fourth-order valence-electron chi connectivity index (χ4n) is 4.04. The molecule has 124 valence electrons. The molecule has 2 atom stereocenters. The monoisotopic (exact) mass is 308 g/mol. The van der Waals surface area contributed by atoms with Crippen LogP contribution in [0.15, 0.2) is 0 Å². The molecule has 0 N–H and O–H groups in total. The number of fused-ring (bicyclic) bond motifs is 2. The molecule has 6 heteroatoms. The topological polar surface area (TPSA) is 47.1 Å². The number of carbonyl (C=O) groups excluding carboxylic acids is 2. The maximum Gasteiger partial charge on any atom is 0.239 e. The molecule has 0 aromatic carbocycles. The molecule has 0 saturated carbocycles. The van der Waals surface area contributed by atoms with Crippen molar-refractivity contribution in [3.05, 3.63) is 0 Å². The van der Waals surface area contributed by atoms with Gasteiger partial charge in [-0.1, -0.05) is 0 Å². The van der Waals surface area contributed by atoms with Crippen LogP contribution >= 0.6 is 0 Å². The molecule has 0 aromatic rings. The van der Waals surface area contributed by atoms with E-state index < -0.39 is 0 Å². The van der Waals surface area contributed by atoms with Gasteiger partial charge in [0.05, 0.1) is 12.6 Å². The molecule has 2 unspecified atom stereocenters. The largest absolute Gasteiger partial charge is 0.343 e. The Labute approximate surface area is 133 Å². The van der Waals surface area contributed by atoms with Gasteiger partial charge in [-0.15, -0.1) is 0 Å². The second-order valence-corrected chi connectivity index (χ2v) is 6.99. The molecule has 0 radical (unpaired) electrons. The summed E-state index contributed by atoms with van der Waals surface area (Å²) in [5.41, 5.74) is 0. The van der Waals surface area contributed by atoms with Crippen molar-refractivity contribution < 1.29 is 9.59 Å². The van der Waals surface area contributed by atoms with Crippen LogP contribution in [0.25, 0.3) is 0 Å². The minimum atomic E-state index is 0.230. The Kier molecular flexibility index (Phi) is 4.68. The number of hydrogen-bond acceptors (Lipinski definition) is 4. The van der Waals surface area contributed by atoms with Crippen LogP contribution in [0.2, 0.25) is 0 Å². The number of hydrogen-bond donors (Lipinski definition) is 0. The van der Waals surface area contributed by atoms with Crippen LogP contribution in [0, 0.1) is 0 Å². The predicted molar refractivity (Wildman–Crippen MR) is 84.5 cm³/mol. The van der Waals surface area contributed by atoms with Crippen molar-refractivity contribution in [2.45, 2.75) is 37.8 Å². The molecule has 0 bridgehead atoms. The molecule has 4 rings (SSSR count). The lowest BCUT2D eigenvalue weighted by atomic mass is 10.1. The van der Waals surface area contributed by atoms with Crippen molar-refractivity contribution in [1.29, 1.82) is 0 Å². The standard InChI is InChI=1S/2C8H14N2O/c1-9-5-7-3-2-4-10(7)6-8(9)11;1-9-5-6-10-4-2-3-7(10)8(9)11/h2*7H,2-6H2,1H3. The Balaban J connectivity index is 0.000000131. The summed E-state index contributed by atoms with van der Waals surface area (Å²) >= 11 is 0. The molecule has 2 amide bonds. The van der Waals surface area contributed by atoms with Crippen LogP contribution in [-0.2, 0) is 9.59 Å². The average Bonchev–Trinajstić information content (AvgIpc) is 3.13. The van der Waals surface area contributed by atoms with Gasteiger partial charge in [0.1, 0.15) is 0 Å². The fourth-order valence-corrected chi connectivity index (χ4v) is 4.04. The predicted octanol–water partition coefficient (Wildman–Crippen LogP) is -0.154. The smallest absolute Gasteiger partial charge is 0.239 e. The number of carbonyl (C=O) groups is 2. The first-order valence-electron chi connectivity index (χ1n) is 8.53. The highest BCUT2D eigenvalue weighted by Crippen LogP contribution is 2.22. The highest BCUT2D eigenvalue weighted by molar-refractivity contribution is 5.82. The molecule has 4 aliphatic heterocycles. The zero-order valence-corrected chi connectivity index (χ0v) is 13.8. The Hall–Kier alpha value is -1.14. The first-order chi connectivity index (χ1) is 10.6. The van der Waals surface area contributed by atoms with Gasteiger partial charge in [-0.05, 0) is 38.8 Å². The van der Waals surface area contributed by atoms with Crippen molar-refractivity contribution in [3.8, 4) is 0 Å². The van der Waals surface area contributed by atoms with Gasteiger partial charge in [0, 0.05) is 39.8 Å². The van der Waals surface area contributed by atoms with Crippen LogP contribution < -0.4 is 0 Å². The van der Waals surface area contributed by atoms with Crippen molar-refractivity contribution in [1.82, 2.24) is 19.6 Å². The first kappa shape index (κ1) is 15.7. The second kappa shape index (κ2) is 6.54. The highest BCUT2D eigenvalue weighted by Gasteiger charge is 2.35. The lowest BCUT2D eigenvalue weighted by molar-refractivity contribution is -0.138. The van der Waals surface area contributed by atoms with Gasteiger partial charge in [0.15, 0.2) is 0 Å². The average molecular weight is 308 g/mol. The quantitative estimate of drug-likeness (QED) is 0.624. The van der Waals surface area contributed by atoms with E-state index in [1.807, 2.05) is 23.9 Å². The summed E-state index contributed by atoms with van der Waals surface area (Å²) in [6.07, 6.45) is 4.82. The van der Waals surface area contributed by atoms with Crippen LogP contribution in [0.1, 0.15) is 25.7 Å². The molecule has 22 heavy (non-hydrogen) atoms. The minimum absolute atomic E-state index is 0.230. The third-order valence-corrected chi connectivity index (χ3v) is 5.50. The normalized spacial score (nSPS) is 32.6. The summed E-state index contributed by atoms with van der Waals surface area (Å²) in [7, 11) is 3.80. The Morgan fingerprint density at radius 1 is 0.864 bits per heavy atom. The van der Waals surface area contributed by atoms with E-state index in [1.54, 1.807) is 0 Å². The molecular formula is C16H28N4O2. The van der Waals surface area contributed by atoms with E-state index >= 15 is 0 Å². The van der Waals surface area contributed by atoms with Crippen molar-refractivity contribution in [2.75, 3.05) is 53.4 Å². The lowest BCUT2D eigenvalue weighted by Crippen LogP contribution is -2.52. The van der Waals surface area contributed by atoms with E-state index in [0.717, 1.165) is 39.1 Å². The molecule has 4 heterocycles. The van der Waals surface area contributed by atoms with Gasteiger partial charge in [-0.25, -0.2) is 0 Å². The lowest BCUT2D eigenvalue weighted by Gasteiger charge is -2.34. The Morgan fingerprint density at radius 3 is 2.41 bits per heavy atom. The van der Waals surface area contributed by atoms with Gasteiger partial charge in [-0.2, -0.15) is 0 Å². The van der Waals surface area contributed by atoms with Gasteiger partial charge in [-0.3, -0.25) is 19.4 Å². The minimum Gasteiger partial charge on any atom is -0.343 e. The summed E-state index contributed by atoms with van der Waals surface area (Å²) in [6, 6.07) is 0.895. The van der Waals surface area contributed by atoms with E-state index in [-0.39, 0.29) is 11.9 Å². The number of piperazine rings is 2. The van der Waals surface area contributed by atoms with Crippen molar-refractivity contribution in [2.24, 2.45) is 0 Å². The number of likely N-dealkylation sites (N-methyl/N-ethyl adjacent to an activating group) is 2. The first-order valence-corrected chi connectivity index (χ1v) is 8.53. The molecule has 4 saturated heterocycles. The van der Waals surface area contributed by atoms with Crippen LogP contribution in [-0.4, -0.2) is 96.9 Å². The van der Waals surface area contributed by atoms with Crippen LogP contribution in [0.3, 0.4) is 0 Å². The van der Waals surface area contributed by atoms with E-state index in [0.29, 0.717) is 18.5 Å². The maximum absolute atomic E-state index is 11.5. The Bertz CT molecular complexity index is 442. The summed E-state index contributed by atoms with van der Waals surface area (Å²) < 4.78 is 0. The molecule has 0 spiro atoms. The fraction of sp³-hybridized carbons (Fsp3) is 0.875. The zero-order valence-electron chi connectivity index (χ0n) is 13.8. The van der Waals surface area contributed by atoms with E-state index in [9.17, 15) is 9.59 Å². The number of amides is 2. The van der Waals surface area contributed by atoms with Crippen molar-refractivity contribution in [3.63, 3.8) is 0 Å². The summed E-state index contributed by atoms with van der Waals surface area (Å²) in [5.74, 6) is 0.608. The summed E-state index contributed by atoms with van der Waals surface area (Å²) in [4.78, 5) is 31.0. The third-order valence-electron chi connectivity index (χ3n) is 5.50. The molecular weight excluding hydrogens is 280 g/mol. The van der Waals surface area contributed by atoms with Gasteiger partial charge < -0.3 is 9.80 Å². The molecule has 0 aromatic heterocycles. The molecule has 0 aliphatic carbocycles. The summed E-state index contributed by atoms with van der Waals surface area (Å²) in [6.45, 7) is 5.84. The maximum atomic E-state index is 11.5. The van der Waals surface area contributed by atoms with Gasteiger partial charge in [0.25, 0.3) is 0 Å². The Morgan fingerprint density at radius 2 is 1.59 bits per heavy atom. The van der Waals surface area contributed by atoms with Gasteiger partial charge >= 0.3 is 0 Å². The second-order valence-electron chi connectivity index (χ2n) is 6.99. The van der Waals surface area contributed by atoms with Crippen LogP contribution in [0.5, 0.6) is 0 Å².